The van der Waals surface area contributed by atoms with Gasteiger partial charge in [-0.05, 0) is 12.1 Å². The lowest BCUT2D eigenvalue weighted by Crippen LogP contribution is -2.32. The Kier molecular flexibility index (Phi) is 4.23. The summed E-state index contributed by atoms with van der Waals surface area (Å²) >= 11 is 1.39. The van der Waals surface area contributed by atoms with Gasteiger partial charge in [-0.15, -0.1) is 5.10 Å². The highest BCUT2D eigenvalue weighted by atomic mass is 32.2. The largest absolute Gasteiger partial charge is 0.480 e. The lowest BCUT2D eigenvalue weighted by Gasteiger charge is -2.05. The van der Waals surface area contributed by atoms with E-state index in [1.807, 2.05) is 6.07 Å². The first-order valence-corrected chi connectivity index (χ1v) is 6.85. The zero-order chi connectivity index (χ0) is 13.8. The molecule has 7 nitrogen and oxygen atoms in total. The summed E-state index contributed by atoms with van der Waals surface area (Å²) in [7, 11) is 0. The molecule has 0 fully saturated rings. The van der Waals surface area contributed by atoms with Gasteiger partial charge < -0.3 is 10.8 Å². The number of carboxylic acids is 1. The van der Waals surface area contributed by atoms with E-state index in [-0.39, 0.29) is 5.69 Å². The summed E-state index contributed by atoms with van der Waals surface area (Å²) < 4.78 is 2.84. The van der Waals surface area contributed by atoms with Gasteiger partial charge in [0, 0.05) is 17.7 Å². The van der Waals surface area contributed by atoms with E-state index in [1.165, 1.54) is 20.8 Å². The van der Waals surface area contributed by atoms with Gasteiger partial charge in [-0.2, -0.15) is 11.8 Å². The number of pyridine rings is 1. The van der Waals surface area contributed by atoms with Gasteiger partial charge in [-0.1, -0.05) is 6.07 Å². The predicted octanol–water partition coefficient (Wildman–Crippen LogP) is -0.359. The average Bonchev–Trinajstić information content (AvgIpc) is 2.72. The second kappa shape index (κ2) is 5.89. The SMILES string of the molecule is N[C@H](CSCCn1nc2ccccn2c1=O)C(=O)O. The van der Waals surface area contributed by atoms with E-state index in [4.69, 9.17) is 10.8 Å². The normalized spacial score (nSPS) is 12.7. The van der Waals surface area contributed by atoms with Gasteiger partial charge in [0.2, 0.25) is 0 Å². The number of hydrogen-bond donors (Lipinski definition) is 2. The maximum Gasteiger partial charge on any atom is 0.350 e. The highest BCUT2D eigenvalue weighted by molar-refractivity contribution is 7.99. The zero-order valence-corrected chi connectivity index (χ0v) is 10.9. The number of thioether (sulfide) groups is 1. The zero-order valence-electron chi connectivity index (χ0n) is 10.1. The first-order valence-electron chi connectivity index (χ1n) is 5.70. The number of fused-ring (bicyclic) bond motifs is 1. The molecule has 0 aliphatic rings. The Hall–Kier alpha value is -1.80. The molecule has 8 heteroatoms. The van der Waals surface area contributed by atoms with Crippen LogP contribution in [0.4, 0.5) is 0 Å². The van der Waals surface area contributed by atoms with Crippen LogP contribution in [0.5, 0.6) is 0 Å². The molecule has 0 aliphatic carbocycles. The Bertz CT molecular complexity index is 636. The third kappa shape index (κ3) is 3.15. The number of nitrogens with two attached hydrogens (primary N) is 1. The van der Waals surface area contributed by atoms with E-state index < -0.39 is 12.0 Å². The van der Waals surface area contributed by atoms with Gasteiger partial charge in [0.1, 0.15) is 6.04 Å². The fourth-order valence-corrected chi connectivity index (χ4v) is 2.41. The topological polar surface area (TPSA) is 103 Å². The smallest absolute Gasteiger partial charge is 0.350 e. The molecule has 0 saturated heterocycles. The number of carboxylic acid groups (broad SMARTS) is 1. The standard InChI is InChI=1S/C11H14N4O3S/c12-8(10(16)17)7-19-6-5-15-11(18)14-4-2-1-3-9(14)13-15/h1-4,8H,5-7,12H2,(H,16,17)/t8-/m1/s1. The fraction of sp³-hybridized carbons (Fsp3) is 0.364. The van der Waals surface area contributed by atoms with Crippen LogP contribution in [0.2, 0.25) is 0 Å². The van der Waals surface area contributed by atoms with E-state index >= 15 is 0 Å². The van der Waals surface area contributed by atoms with Gasteiger partial charge in [0.25, 0.3) is 0 Å². The molecule has 2 aromatic heterocycles. The van der Waals surface area contributed by atoms with Crippen molar-refractivity contribution in [3.05, 3.63) is 34.9 Å². The van der Waals surface area contributed by atoms with Crippen molar-refractivity contribution >= 4 is 23.4 Å². The minimum absolute atomic E-state index is 0.196. The van der Waals surface area contributed by atoms with E-state index in [1.54, 1.807) is 18.3 Å². The molecule has 0 aliphatic heterocycles. The lowest BCUT2D eigenvalue weighted by molar-refractivity contribution is -0.137. The van der Waals surface area contributed by atoms with Crippen molar-refractivity contribution in [2.24, 2.45) is 5.73 Å². The Morgan fingerprint density at radius 2 is 2.32 bits per heavy atom. The summed E-state index contributed by atoms with van der Waals surface area (Å²) in [6, 6.07) is 4.46. The van der Waals surface area contributed by atoms with Gasteiger partial charge in [-0.25, -0.2) is 9.48 Å². The van der Waals surface area contributed by atoms with E-state index in [0.29, 0.717) is 23.7 Å². The number of aryl methyl sites for hydroxylation is 1. The monoisotopic (exact) mass is 282 g/mol. The molecule has 2 aromatic rings. The van der Waals surface area contributed by atoms with Crippen molar-refractivity contribution in [1.82, 2.24) is 14.2 Å². The van der Waals surface area contributed by atoms with Crippen molar-refractivity contribution in [3.63, 3.8) is 0 Å². The third-order valence-corrected chi connectivity index (χ3v) is 3.62. The predicted molar refractivity (Wildman–Crippen MR) is 72.4 cm³/mol. The summed E-state index contributed by atoms with van der Waals surface area (Å²) in [6.45, 7) is 0.428. The summed E-state index contributed by atoms with van der Waals surface area (Å²) in [6.07, 6.45) is 1.66. The first kappa shape index (κ1) is 13.6. The molecule has 19 heavy (non-hydrogen) atoms. The van der Waals surface area contributed by atoms with Crippen molar-refractivity contribution in [1.29, 1.82) is 0 Å². The number of rotatable bonds is 6. The van der Waals surface area contributed by atoms with Gasteiger partial charge in [0.05, 0.1) is 6.54 Å². The number of hydrogen-bond acceptors (Lipinski definition) is 5. The molecule has 3 N–H and O–H groups in total. The van der Waals surface area contributed by atoms with Crippen molar-refractivity contribution in [2.45, 2.75) is 12.6 Å². The molecule has 2 rings (SSSR count). The lowest BCUT2D eigenvalue weighted by atomic mass is 10.4. The number of nitrogens with zero attached hydrogens (tertiary/aromatic N) is 3. The molecule has 0 unspecified atom stereocenters. The maximum absolute atomic E-state index is 11.9. The Morgan fingerprint density at radius 1 is 1.53 bits per heavy atom. The number of aliphatic carboxylic acids is 1. The first-order chi connectivity index (χ1) is 9.09. The Balaban J connectivity index is 1.94. The number of aromatic nitrogens is 3. The molecule has 0 amide bonds. The van der Waals surface area contributed by atoms with Crippen LogP contribution in [-0.4, -0.2) is 42.8 Å². The van der Waals surface area contributed by atoms with Crippen LogP contribution in [0.15, 0.2) is 29.2 Å². The molecule has 102 valence electrons. The molecule has 2 heterocycles. The van der Waals surface area contributed by atoms with Crippen LogP contribution in [-0.2, 0) is 11.3 Å². The van der Waals surface area contributed by atoms with Crippen LogP contribution in [0, 0.1) is 0 Å². The van der Waals surface area contributed by atoms with Crippen LogP contribution >= 0.6 is 11.8 Å². The summed E-state index contributed by atoms with van der Waals surface area (Å²) in [5, 5.41) is 12.8. The molecule has 0 spiro atoms. The molecular weight excluding hydrogens is 268 g/mol. The Morgan fingerprint density at radius 3 is 3.00 bits per heavy atom. The fourth-order valence-electron chi connectivity index (χ4n) is 1.55. The van der Waals surface area contributed by atoms with Gasteiger partial charge >= 0.3 is 11.7 Å². The second-order valence-corrected chi connectivity index (χ2v) is 5.10. The Labute approximate surface area is 113 Å². The molecule has 0 bridgehead atoms. The molecule has 0 aromatic carbocycles. The highest BCUT2D eigenvalue weighted by Crippen LogP contribution is 2.03. The van der Waals surface area contributed by atoms with E-state index in [2.05, 4.69) is 5.10 Å². The summed E-state index contributed by atoms with van der Waals surface area (Å²) in [5.41, 5.74) is 5.78. The average molecular weight is 282 g/mol. The van der Waals surface area contributed by atoms with Crippen LogP contribution in [0.1, 0.15) is 0 Å². The number of carbonyl (C=O) groups is 1. The summed E-state index contributed by atoms with van der Waals surface area (Å²) in [5.74, 6) is -0.111. The van der Waals surface area contributed by atoms with E-state index in [0.717, 1.165) is 0 Å². The summed E-state index contributed by atoms with van der Waals surface area (Å²) in [4.78, 5) is 22.4. The van der Waals surface area contributed by atoms with Crippen molar-refractivity contribution < 1.29 is 9.90 Å². The molecular formula is C11H14N4O3S. The van der Waals surface area contributed by atoms with Gasteiger partial charge in [0.15, 0.2) is 5.65 Å². The second-order valence-electron chi connectivity index (χ2n) is 3.95. The van der Waals surface area contributed by atoms with Crippen LogP contribution < -0.4 is 11.4 Å². The minimum atomic E-state index is -1.02. The third-order valence-electron chi connectivity index (χ3n) is 2.55. The molecule has 1 atom stereocenters. The molecule has 0 radical (unpaired) electrons. The van der Waals surface area contributed by atoms with Gasteiger partial charge in [-0.3, -0.25) is 9.20 Å². The highest BCUT2D eigenvalue weighted by Gasteiger charge is 2.11. The maximum atomic E-state index is 11.9. The van der Waals surface area contributed by atoms with Crippen molar-refractivity contribution in [3.8, 4) is 0 Å². The minimum Gasteiger partial charge on any atom is -0.480 e. The quantitative estimate of drug-likeness (QED) is 0.701. The van der Waals surface area contributed by atoms with E-state index in [9.17, 15) is 9.59 Å². The van der Waals surface area contributed by atoms with Crippen LogP contribution in [0.25, 0.3) is 5.65 Å². The molecule has 0 saturated carbocycles. The van der Waals surface area contributed by atoms with Crippen molar-refractivity contribution in [2.75, 3.05) is 11.5 Å². The van der Waals surface area contributed by atoms with Crippen LogP contribution in [0.3, 0.4) is 0 Å².